The van der Waals surface area contributed by atoms with Gasteiger partial charge in [-0.25, -0.2) is 5.84 Å². The monoisotopic (exact) mass is 328 g/mol. The Kier molecular flexibility index (Phi) is 6.48. The zero-order valence-corrected chi connectivity index (χ0v) is 13.8. The van der Waals surface area contributed by atoms with E-state index in [0.29, 0.717) is 18.5 Å². The third-order valence-electron chi connectivity index (χ3n) is 3.45. The lowest BCUT2D eigenvalue weighted by Crippen LogP contribution is -2.25. The minimum absolute atomic E-state index is 0.115. The Balaban J connectivity index is 2.01. The van der Waals surface area contributed by atoms with Crippen molar-refractivity contribution < 1.29 is 9.84 Å². The SMILES string of the molecule is COc1cccc(Nc2ccc(N(N)/C=C(\N)CCCO)cc2)c1. The number of aliphatic hydroxyl groups excluding tert-OH is 1. The summed E-state index contributed by atoms with van der Waals surface area (Å²) in [5.41, 5.74) is 9.20. The van der Waals surface area contributed by atoms with Gasteiger partial charge in [-0.15, -0.1) is 0 Å². The molecule has 0 saturated heterocycles. The average Bonchev–Trinajstić information content (AvgIpc) is 2.60. The number of hydrazine groups is 1. The zero-order valence-electron chi connectivity index (χ0n) is 13.8. The van der Waals surface area contributed by atoms with Gasteiger partial charge in [0.2, 0.25) is 0 Å². The standard InChI is InChI=1S/C18H24N4O2/c1-24-18-6-2-5-16(12-18)21-15-7-9-17(10-8-15)22(20)13-14(19)4-3-11-23/h2,5-10,12-13,21,23H,3-4,11,19-20H2,1H3/b14-13-. The number of ether oxygens (including phenoxy) is 1. The Morgan fingerprint density at radius 1 is 1.21 bits per heavy atom. The fraction of sp³-hybridized carbons (Fsp3) is 0.222. The van der Waals surface area contributed by atoms with Gasteiger partial charge in [0.05, 0.1) is 12.8 Å². The van der Waals surface area contributed by atoms with Crippen molar-refractivity contribution in [1.29, 1.82) is 0 Å². The second-order valence-corrected chi connectivity index (χ2v) is 5.34. The summed E-state index contributed by atoms with van der Waals surface area (Å²) in [7, 11) is 1.64. The predicted molar refractivity (Wildman–Crippen MR) is 98.0 cm³/mol. The first-order chi connectivity index (χ1) is 11.6. The lowest BCUT2D eigenvalue weighted by Gasteiger charge is -2.16. The second kappa shape index (κ2) is 8.81. The number of aliphatic hydroxyl groups is 1. The van der Waals surface area contributed by atoms with Crippen LogP contribution in [0.15, 0.2) is 60.4 Å². The predicted octanol–water partition coefficient (Wildman–Crippen LogP) is 2.69. The Morgan fingerprint density at radius 3 is 2.62 bits per heavy atom. The van der Waals surface area contributed by atoms with Crippen molar-refractivity contribution in [2.24, 2.45) is 11.6 Å². The molecule has 24 heavy (non-hydrogen) atoms. The maximum absolute atomic E-state index is 8.81. The van der Waals surface area contributed by atoms with E-state index in [1.807, 2.05) is 48.5 Å². The van der Waals surface area contributed by atoms with Crippen molar-refractivity contribution >= 4 is 17.1 Å². The molecule has 2 aromatic carbocycles. The molecule has 0 aliphatic heterocycles. The molecule has 2 rings (SSSR count). The van der Waals surface area contributed by atoms with Crippen molar-refractivity contribution in [1.82, 2.24) is 0 Å². The molecule has 0 bridgehead atoms. The molecule has 0 amide bonds. The summed E-state index contributed by atoms with van der Waals surface area (Å²) < 4.78 is 5.21. The second-order valence-electron chi connectivity index (χ2n) is 5.34. The molecule has 0 unspecified atom stereocenters. The van der Waals surface area contributed by atoms with Gasteiger partial charge >= 0.3 is 0 Å². The number of nitrogens with zero attached hydrogens (tertiary/aromatic N) is 1. The Hall–Kier alpha value is -2.70. The summed E-state index contributed by atoms with van der Waals surface area (Å²) in [6, 6.07) is 15.4. The summed E-state index contributed by atoms with van der Waals surface area (Å²) >= 11 is 0. The van der Waals surface area contributed by atoms with E-state index in [1.165, 1.54) is 5.01 Å². The molecule has 2 aromatic rings. The molecule has 6 N–H and O–H groups in total. The molecule has 0 saturated carbocycles. The van der Waals surface area contributed by atoms with Gasteiger partial charge in [0.25, 0.3) is 0 Å². The summed E-state index contributed by atoms with van der Waals surface area (Å²) in [6.45, 7) is 0.115. The molecule has 0 aliphatic rings. The molecule has 6 nitrogen and oxygen atoms in total. The van der Waals surface area contributed by atoms with Crippen LogP contribution in [0.4, 0.5) is 17.1 Å². The van der Waals surface area contributed by atoms with Crippen LogP contribution >= 0.6 is 0 Å². The van der Waals surface area contributed by atoms with Crippen molar-refractivity contribution in [2.45, 2.75) is 12.8 Å². The third kappa shape index (κ3) is 5.19. The van der Waals surface area contributed by atoms with Crippen LogP contribution in [0.5, 0.6) is 5.75 Å². The van der Waals surface area contributed by atoms with Gasteiger partial charge in [-0.2, -0.15) is 0 Å². The van der Waals surface area contributed by atoms with Gasteiger partial charge in [-0.3, -0.25) is 5.01 Å². The molecule has 0 radical (unpaired) electrons. The maximum Gasteiger partial charge on any atom is 0.120 e. The summed E-state index contributed by atoms with van der Waals surface area (Å²) in [5.74, 6) is 6.78. The lowest BCUT2D eigenvalue weighted by molar-refractivity contribution is 0.288. The highest BCUT2D eigenvalue weighted by molar-refractivity contribution is 5.64. The summed E-state index contributed by atoms with van der Waals surface area (Å²) in [6.07, 6.45) is 2.90. The quantitative estimate of drug-likeness (QED) is 0.439. The van der Waals surface area contributed by atoms with Gasteiger partial charge in [-0.1, -0.05) is 6.07 Å². The van der Waals surface area contributed by atoms with Gasteiger partial charge < -0.3 is 20.9 Å². The van der Waals surface area contributed by atoms with E-state index in [-0.39, 0.29) is 6.61 Å². The Labute approximate surface area is 142 Å². The van der Waals surface area contributed by atoms with E-state index < -0.39 is 0 Å². The highest BCUT2D eigenvalue weighted by Gasteiger charge is 2.02. The van der Waals surface area contributed by atoms with Gasteiger partial charge in [0.15, 0.2) is 0 Å². The third-order valence-corrected chi connectivity index (χ3v) is 3.45. The highest BCUT2D eigenvalue weighted by atomic mass is 16.5. The Morgan fingerprint density at radius 2 is 1.96 bits per heavy atom. The topological polar surface area (TPSA) is 96.8 Å². The summed E-state index contributed by atoms with van der Waals surface area (Å²) in [4.78, 5) is 0. The van der Waals surface area contributed by atoms with Crippen LogP contribution in [-0.4, -0.2) is 18.8 Å². The first kappa shape index (κ1) is 17.7. The summed E-state index contributed by atoms with van der Waals surface area (Å²) in [5, 5.41) is 13.6. The van der Waals surface area contributed by atoms with E-state index in [2.05, 4.69) is 5.32 Å². The van der Waals surface area contributed by atoms with Crippen molar-refractivity contribution in [3.05, 3.63) is 60.4 Å². The molecule has 0 atom stereocenters. The number of hydrogen-bond donors (Lipinski definition) is 4. The number of nitrogens with one attached hydrogen (secondary N) is 1. The fourth-order valence-electron chi connectivity index (χ4n) is 2.19. The van der Waals surface area contributed by atoms with Crippen LogP contribution in [0, 0.1) is 0 Å². The van der Waals surface area contributed by atoms with Crippen LogP contribution < -0.4 is 26.6 Å². The molecular weight excluding hydrogens is 304 g/mol. The van der Waals surface area contributed by atoms with E-state index in [4.69, 9.17) is 21.4 Å². The first-order valence-corrected chi connectivity index (χ1v) is 7.74. The molecule has 0 fully saturated rings. The van der Waals surface area contributed by atoms with Gasteiger partial charge in [0, 0.05) is 35.9 Å². The van der Waals surface area contributed by atoms with Crippen molar-refractivity contribution in [3.8, 4) is 5.75 Å². The number of hydrogen-bond acceptors (Lipinski definition) is 6. The largest absolute Gasteiger partial charge is 0.497 e. The number of anilines is 3. The number of benzene rings is 2. The average molecular weight is 328 g/mol. The Bertz CT molecular complexity index is 671. The van der Waals surface area contributed by atoms with Crippen molar-refractivity contribution in [3.63, 3.8) is 0 Å². The highest BCUT2D eigenvalue weighted by Crippen LogP contribution is 2.23. The van der Waals surface area contributed by atoms with Crippen LogP contribution in [0.1, 0.15) is 12.8 Å². The minimum Gasteiger partial charge on any atom is -0.497 e. The number of rotatable bonds is 8. The number of methoxy groups -OCH3 is 1. The van der Waals surface area contributed by atoms with Crippen LogP contribution in [0.25, 0.3) is 0 Å². The molecule has 6 heteroatoms. The van der Waals surface area contributed by atoms with Crippen molar-refractivity contribution in [2.75, 3.05) is 24.0 Å². The normalized spacial score (nSPS) is 11.2. The molecule has 0 heterocycles. The number of nitrogens with two attached hydrogens (primary N) is 2. The number of allylic oxidation sites excluding steroid dienone is 1. The maximum atomic E-state index is 8.81. The minimum atomic E-state index is 0.115. The van der Waals surface area contributed by atoms with Gasteiger partial charge in [0.1, 0.15) is 5.75 Å². The van der Waals surface area contributed by atoms with E-state index in [1.54, 1.807) is 13.3 Å². The van der Waals surface area contributed by atoms with Crippen LogP contribution in [0.2, 0.25) is 0 Å². The lowest BCUT2D eigenvalue weighted by atomic mass is 10.2. The molecular formula is C18H24N4O2. The molecule has 0 spiro atoms. The van der Waals surface area contributed by atoms with Gasteiger partial charge in [-0.05, 0) is 49.2 Å². The smallest absolute Gasteiger partial charge is 0.120 e. The fourth-order valence-corrected chi connectivity index (χ4v) is 2.19. The first-order valence-electron chi connectivity index (χ1n) is 7.74. The van der Waals surface area contributed by atoms with Crippen LogP contribution in [0.3, 0.4) is 0 Å². The molecule has 0 aliphatic carbocycles. The van der Waals surface area contributed by atoms with Crippen LogP contribution in [-0.2, 0) is 0 Å². The van der Waals surface area contributed by atoms with E-state index in [0.717, 1.165) is 22.8 Å². The molecule has 0 aromatic heterocycles. The van der Waals surface area contributed by atoms with E-state index >= 15 is 0 Å². The zero-order chi connectivity index (χ0) is 17.4. The molecule has 128 valence electrons. The van der Waals surface area contributed by atoms with E-state index in [9.17, 15) is 0 Å².